The van der Waals surface area contributed by atoms with Crippen LogP contribution < -0.4 is 11.1 Å². The number of esters is 1. The average molecular weight is 298 g/mol. The van der Waals surface area contributed by atoms with Crippen molar-refractivity contribution >= 4 is 28.2 Å². The molecule has 0 fully saturated rings. The maximum atomic E-state index is 12.1. The summed E-state index contributed by atoms with van der Waals surface area (Å²) in [5, 5.41) is 3.28. The van der Waals surface area contributed by atoms with Gasteiger partial charge in [-0.25, -0.2) is 4.79 Å². The maximum absolute atomic E-state index is 12.1. The fourth-order valence-electron chi connectivity index (χ4n) is 1.90. The van der Waals surface area contributed by atoms with Gasteiger partial charge in [0.1, 0.15) is 5.00 Å². The molecule has 1 unspecified atom stereocenters. The Morgan fingerprint density at radius 1 is 1.35 bits per heavy atom. The van der Waals surface area contributed by atoms with Crippen LogP contribution in [-0.4, -0.2) is 24.5 Å². The second kappa shape index (κ2) is 7.40. The van der Waals surface area contributed by atoms with Crippen molar-refractivity contribution in [3.05, 3.63) is 16.0 Å². The lowest BCUT2D eigenvalue weighted by Gasteiger charge is -2.10. The zero-order chi connectivity index (χ0) is 15.3. The second-order valence-electron chi connectivity index (χ2n) is 4.42. The maximum Gasteiger partial charge on any atom is 0.341 e. The van der Waals surface area contributed by atoms with Gasteiger partial charge in [-0.2, -0.15) is 0 Å². The van der Waals surface area contributed by atoms with E-state index in [1.54, 1.807) is 6.92 Å². The minimum absolute atomic E-state index is 0.276. The summed E-state index contributed by atoms with van der Waals surface area (Å²) in [6.07, 6.45) is 1.26. The summed E-state index contributed by atoms with van der Waals surface area (Å²) in [4.78, 5) is 25.0. The van der Waals surface area contributed by atoms with E-state index in [0.717, 1.165) is 10.4 Å². The molecule has 20 heavy (non-hydrogen) atoms. The van der Waals surface area contributed by atoms with Gasteiger partial charge in [0.05, 0.1) is 18.2 Å². The van der Waals surface area contributed by atoms with E-state index in [1.165, 1.54) is 11.3 Å². The van der Waals surface area contributed by atoms with E-state index in [4.69, 9.17) is 10.5 Å². The van der Waals surface area contributed by atoms with Crippen molar-refractivity contribution in [3.8, 4) is 0 Å². The largest absolute Gasteiger partial charge is 0.462 e. The van der Waals surface area contributed by atoms with Crippen molar-refractivity contribution in [2.75, 3.05) is 11.9 Å². The first-order chi connectivity index (χ1) is 9.46. The van der Waals surface area contributed by atoms with Gasteiger partial charge >= 0.3 is 5.97 Å². The Morgan fingerprint density at radius 2 is 2.00 bits per heavy atom. The molecule has 1 atom stereocenters. The van der Waals surface area contributed by atoms with E-state index in [-0.39, 0.29) is 5.91 Å². The highest BCUT2D eigenvalue weighted by molar-refractivity contribution is 7.16. The Balaban J connectivity index is 3.12. The van der Waals surface area contributed by atoms with Gasteiger partial charge in [-0.1, -0.05) is 13.8 Å². The predicted molar refractivity (Wildman–Crippen MR) is 81.3 cm³/mol. The summed E-state index contributed by atoms with van der Waals surface area (Å²) >= 11 is 1.39. The molecular weight excluding hydrogens is 276 g/mol. The number of hydrogen-bond acceptors (Lipinski definition) is 5. The number of anilines is 1. The molecule has 0 spiro atoms. The van der Waals surface area contributed by atoms with E-state index in [1.807, 2.05) is 20.8 Å². The predicted octanol–water partition coefficient (Wildman–Crippen LogP) is 2.47. The molecule has 1 rings (SSSR count). The second-order valence-corrected chi connectivity index (χ2v) is 5.64. The van der Waals surface area contributed by atoms with Gasteiger partial charge in [0.2, 0.25) is 5.91 Å². The van der Waals surface area contributed by atoms with Gasteiger partial charge in [0, 0.05) is 4.88 Å². The van der Waals surface area contributed by atoms with E-state index in [0.29, 0.717) is 30.0 Å². The molecule has 3 N–H and O–H groups in total. The Morgan fingerprint density at radius 3 is 2.50 bits per heavy atom. The number of nitrogens with two attached hydrogens (primary N) is 1. The summed E-state index contributed by atoms with van der Waals surface area (Å²) in [7, 11) is 0. The van der Waals surface area contributed by atoms with Crippen LogP contribution in [0, 0.1) is 6.92 Å². The number of carbonyl (C=O) groups is 2. The van der Waals surface area contributed by atoms with E-state index < -0.39 is 12.0 Å². The minimum atomic E-state index is -0.572. The molecule has 1 aromatic rings. The molecule has 5 nitrogen and oxygen atoms in total. The molecule has 1 aromatic heterocycles. The lowest BCUT2D eigenvalue weighted by Crippen LogP contribution is -2.35. The van der Waals surface area contributed by atoms with Gasteiger partial charge in [-0.15, -0.1) is 11.3 Å². The van der Waals surface area contributed by atoms with Crippen molar-refractivity contribution in [1.29, 1.82) is 0 Å². The average Bonchev–Trinajstić information content (AvgIpc) is 2.73. The normalized spacial score (nSPS) is 12.1. The highest BCUT2D eigenvalue weighted by atomic mass is 32.1. The lowest BCUT2D eigenvalue weighted by molar-refractivity contribution is -0.117. The molecule has 0 radical (unpaired) electrons. The highest BCUT2D eigenvalue weighted by Crippen LogP contribution is 2.34. The fourth-order valence-corrected chi connectivity index (χ4v) is 3.04. The molecule has 6 heteroatoms. The van der Waals surface area contributed by atoms with Crippen LogP contribution in [0.1, 0.15) is 48.0 Å². The third-order valence-corrected chi connectivity index (χ3v) is 4.12. The molecular formula is C14H22N2O3S. The van der Waals surface area contributed by atoms with Crippen LogP contribution in [0.15, 0.2) is 0 Å². The molecule has 1 heterocycles. The molecule has 112 valence electrons. The number of nitrogens with one attached hydrogen (secondary N) is 1. The van der Waals surface area contributed by atoms with Crippen LogP contribution in [0.3, 0.4) is 0 Å². The van der Waals surface area contributed by atoms with Crippen molar-refractivity contribution in [3.63, 3.8) is 0 Å². The molecule has 0 aliphatic heterocycles. The van der Waals surface area contributed by atoms with E-state index in [2.05, 4.69) is 5.32 Å². The third-order valence-electron chi connectivity index (χ3n) is 3.06. The van der Waals surface area contributed by atoms with Crippen molar-refractivity contribution in [1.82, 2.24) is 0 Å². The first-order valence-electron chi connectivity index (χ1n) is 6.81. The molecule has 0 bridgehead atoms. The smallest absolute Gasteiger partial charge is 0.341 e. The highest BCUT2D eigenvalue weighted by Gasteiger charge is 2.24. The van der Waals surface area contributed by atoms with Crippen LogP contribution in [0.5, 0.6) is 0 Å². The zero-order valence-corrected chi connectivity index (χ0v) is 13.2. The third kappa shape index (κ3) is 3.58. The molecule has 0 saturated heterocycles. The molecule has 0 aromatic carbocycles. The summed E-state index contributed by atoms with van der Waals surface area (Å²) in [5.74, 6) is -0.670. The van der Waals surface area contributed by atoms with Gasteiger partial charge in [0.15, 0.2) is 0 Å². The minimum Gasteiger partial charge on any atom is -0.462 e. The van der Waals surface area contributed by atoms with Crippen molar-refractivity contribution < 1.29 is 14.3 Å². The van der Waals surface area contributed by atoms with Crippen LogP contribution >= 0.6 is 11.3 Å². The summed E-state index contributed by atoms with van der Waals surface area (Å²) in [5.41, 5.74) is 7.09. The Bertz CT molecular complexity index is 497. The SMILES string of the molecule is CCOC(=O)c1c(NC(=O)C(N)CC)sc(C)c1CC. The van der Waals surface area contributed by atoms with Gasteiger partial charge in [-0.3, -0.25) is 4.79 Å². The number of ether oxygens (including phenoxy) is 1. The fraction of sp³-hybridized carbons (Fsp3) is 0.571. The summed E-state index contributed by atoms with van der Waals surface area (Å²) < 4.78 is 5.08. The van der Waals surface area contributed by atoms with Gasteiger partial charge < -0.3 is 15.8 Å². The molecule has 0 saturated carbocycles. The zero-order valence-electron chi connectivity index (χ0n) is 12.4. The van der Waals surface area contributed by atoms with Gasteiger partial charge in [-0.05, 0) is 32.3 Å². The summed E-state index contributed by atoms with van der Waals surface area (Å²) in [6.45, 7) is 7.81. The number of aryl methyl sites for hydroxylation is 1. The Kier molecular flexibility index (Phi) is 6.16. The topological polar surface area (TPSA) is 81.4 Å². The molecule has 0 aliphatic rings. The van der Waals surface area contributed by atoms with Crippen LogP contribution in [0.4, 0.5) is 5.00 Å². The first kappa shape index (κ1) is 16.7. The first-order valence-corrected chi connectivity index (χ1v) is 7.63. The summed E-state index contributed by atoms with van der Waals surface area (Å²) in [6, 6.07) is -0.572. The van der Waals surface area contributed by atoms with Crippen LogP contribution in [0.2, 0.25) is 0 Å². The number of amides is 1. The van der Waals surface area contributed by atoms with Gasteiger partial charge in [0.25, 0.3) is 0 Å². The molecule has 1 amide bonds. The lowest BCUT2D eigenvalue weighted by atomic mass is 10.1. The monoisotopic (exact) mass is 298 g/mol. The van der Waals surface area contributed by atoms with Crippen molar-refractivity contribution in [2.24, 2.45) is 5.73 Å². The Labute approximate surface area is 123 Å². The van der Waals surface area contributed by atoms with Crippen LogP contribution in [-0.2, 0) is 16.0 Å². The van der Waals surface area contributed by atoms with E-state index >= 15 is 0 Å². The molecule has 0 aliphatic carbocycles. The van der Waals surface area contributed by atoms with Crippen molar-refractivity contribution in [2.45, 2.75) is 46.6 Å². The quantitative estimate of drug-likeness (QED) is 0.790. The number of carbonyl (C=O) groups excluding carboxylic acids is 2. The standard InChI is InChI=1S/C14H22N2O3S/c1-5-9-8(4)20-13(11(9)14(18)19-7-3)16-12(17)10(15)6-2/h10H,5-7,15H2,1-4H3,(H,16,17). The Hall–Kier alpha value is -1.40. The van der Waals surface area contributed by atoms with Crippen LogP contribution in [0.25, 0.3) is 0 Å². The number of rotatable bonds is 6. The number of thiophene rings is 1. The van der Waals surface area contributed by atoms with E-state index in [9.17, 15) is 9.59 Å². The number of hydrogen-bond donors (Lipinski definition) is 2.